The quantitative estimate of drug-likeness (QED) is 0.0325. The van der Waals surface area contributed by atoms with Crippen LogP contribution in [0, 0.1) is 17.8 Å². The standard InChI is InChI=1S/C26H38N2O5.2C25H36N2O6.2CH4/c1-7-14-26(15-11-16-28(26)24(31)33-25(4,5)6)23(30)27-21(17-19(2)3)22(29)32-18-20-12-9-8-10-13-20;1-17(2)14-19(21(29)32-16-18-10-7-6-8-11-18)27-20(28)15-25(22(27)30)12-9-13-26(25)23(31)33-24(3,4)5;1-18(2)16-20(21(29)32-17-19-10-7-6-8-11-19)26-22(30)25(13-15-28)12-9-14-27(25)23(31)33-24(3,4)5;;/h7-10,12-13,19,21H,1,11,14-18H2,2-6H3,(H,27,30);6-8,10-11,17,19-20,28H,9,12-16H2,1-5H3;6-8,10-11,15,18,20H,9,12-14,16-17H2,1-5H3,(H,26,30);2*1H4/t21-,26+;19-,20?,25-;20-,25-;;/m111../s1. The molecule has 7 rings (SSSR count). The number of hydrogen-bond donors (Lipinski definition) is 3. The number of amides is 6. The third kappa shape index (κ3) is 25.0. The van der Waals surface area contributed by atoms with Crippen molar-refractivity contribution >= 4 is 60.2 Å². The molecule has 101 heavy (non-hydrogen) atoms. The van der Waals surface area contributed by atoms with Crippen LogP contribution >= 0.6 is 0 Å². The first-order valence-electron chi connectivity index (χ1n) is 34.7. The molecule has 4 saturated heterocycles. The van der Waals surface area contributed by atoms with Gasteiger partial charge in [-0.05, 0) is 161 Å². The highest BCUT2D eigenvalue weighted by Crippen LogP contribution is 2.44. The van der Waals surface area contributed by atoms with Gasteiger partial charge in [-0.3, -0.25) is 29.1 Å². The van der Waals surface area contributed by atoms with E-state index in [2.05, 4.69) is 17.2 Å². The lowest BCUT2D eigenvalue weighted by molar-refractivity contribution is -0.162. The predicted octanol–water partition coefficient (Wildman–Crippen LogP) is 13.0. The Morgan fingerprint density at radius 1 is 0.525 bits per heavy atom. The zero-order valence-electron chi connectivity index (χ0n) is 61.1. The lowest BCUT2D eigenvalue weighted by atomic mass is 9.90. The number of aliphatic hydroxyl groups excluding tert-OH is 1. The molecule has 4 fully saturated rings. The fraction of sp³-hybridized carbons (Fsp3) is 0.615. The average Bonchev–Trinajstić information content (AvgIpc) is 1.58. The van der Waals surface area contributed by atoms with Gasteiger partial charge >= 0.3 is 36.2 Å². The Balaban J connectivity index is 0.000000390. The molecule has 0 radical (unpaired) electrons. The normalized spacial score (nSPS) is 20.3. The van der Waals surface area contributed by atoms with Crippen LogP contribution in [0.4, 0.5) is 14.4 Å². The Labute approximate surface area is 600 Å². The molecule has 4 heterocycles. The summed E-state index contributed by atoms with van der Waals surface area (Å²) in [4.78, 5) is 135. The van der Waals surface area contributed by atoms with Crippen LogP contribution in [0.1, 0.15) is 212 Å². The number of esters is 3. The van der Waals surface area contributed by atoms with E-state index >= 15 is 0 Å². The van der Waals surface area contributed by atoms with Gasteiger partial charge in [-0.1, -0.05) is 153 Å². The lowest BCUT2D eigenvalue weighted by Gasteiger charge is -2.38. The topological polar surface area (TPSA) is 283 Å². The van der Waals surface area contributed by atoms with Crippen LogP contribution in [0.5, 0.6) is 0 Å². The van der Waals surface area contributed by atoms with Crippen molar-refractivity contribution in [1.29, 1.82) is 0 Å². The molecular formula is C78H118N6O17. The van der Waals surface area contributed by atoms with Crippen molar-refractivity contribution < 1.29 is 81.5 Å². The number of rotatable bonds is 24. The van der Waals surface area contributed by atoms with E-state index < -0.39 is 106 Å². The fourth-order valence-corrected chi connectivity index (χ4v) is 12.7. The van der Waals surface area contributed by atoms with Crippen molar-refractivity contribution in [2.45, 2.75) is 273 Å². The van der Waals surface area contributed by atoms with Crippen LogP contribution in [0.25, 0.3) is 0 Å². The fourth-order valence-electron chi connectivity index (χ4n) is 12.7. The summed E-state index contributed by atoms with van der Waals surface area (Å²) in [6.45, 7) is 32.8. The first-order chi connectivity index (χ1) is 46.4. The van der Waals surface area contributed by atoms with E-state index in [1.165, 1.54) is 19.6 Å². The smallest absolute Gasteiger partial charge is 0.411 e. The second kappa shape index (κ2) is 38.6. The number of nitrogens with one attached hydrogen (secondary N) is 2. The second-order valence-electron chi connectivity index (χ2n) is 30.3. The number of likely N-dealkylation sites (tertiary alicyclic amines) is 4. The van der Waals surface area contributed by atoms with Gasteiger partial charge in [0, 0.05) is 32.5 Å². The Morgan fingerprint density at radius 3 is 1.21 bits per heavy atom. The first-order valence-corrected chi connectivity index (χ1v) is 34.7. The predicted molar refractivity (Wildman–Crippen MR) is 386 cm³/mol. The number of aliphatic hydroxyl groups is 1. The number of nitrogens with zero attached hydrogens (tertiary/aromatic N) is 4. The van der Waals surface area contributed by atoms with Crippen LogP contribution in [0.15, 0.2) is 104 Å². The van der Waals surface area contributed by atoms with E-state index in [1.54, 1.807) is 68.4 Å². The van der Waals surface area contributed by atoms with Crippen LogP contribution in [0.3, 0.4) is 0 Å². The maximum absolute atomic E-state index is 13.7. The highest BCUT2D eigenvalue weighted by Gasteiger charge is 2.61. The minimum atomic E-state index is -1.39. The zero-order valence-corrected chi connectivity index (χ0v) is 61.1. The highest BCUT2D eigenvalue weighted by molar-refractivity contribution is 5.97. The number of benzene rings is 3. The van der Waals surface area contributed by atoms with Crippen molar-refractivity contribution in [3.63, 3.8) is 0 Å². The van der Waals surface area contributed by atoms with Gasteiger partial charge in [-0.15, -0.1) is 6.58 Å². The summed E-state index contributed by atoms with van der Waals surface area (Å²) in [5, 5.41) is 16.6. The van der Waals surface area contributed by atoms with Crippen molar-refractivity contribution in [2.75, 3.05) is 19.6 Å². The maximum atomic E-state index is 13.7. The molecule has 0 saturated carbocycles. The number of carbonyl (C=O) groups excluding carboxylic acids is 10. The van der Waals surface area contributed by atoms with E-state index in [0.29, 0.717) is 83.7 Å². The van der Waals surface area contributed by atoms with Crippen LogP contribution < -0.4 is 10.6 Å². The largest absolute Gasteiger partial charge is 0.459 e. The average molecular weight is 1410 g/mol. The van der Waals surface area contributed by atoms with Crippen LogP contribution in [-0.2, 0) is 81.8 Å². The van der Waals surface area contributed by atoms with Crippen molar-refractivity contribution in [2.24, 2.45) is 17.8 Å². The summed E-state index contributed by atoms with van der Waals surface area (Å²) >= 11 is 0. The third-order valence-corrected chi connectivity index (χ3v) is 17.1. The summed E-state index contributed by atoms with van der Waals surface area (Å²) in [7, 11) is 0. The third-order valence-electron chi connectivity index (χ3n) is 17.1. The van der Waals surface area contributed by atoms with Crippen LogP contribution in [-0.4, -0.2) is 162 Å². The molecule has 0 aromatic heterocycles. The Bertz CT molecular complexity index is 3060. The molecule has 3 aromatic rings. The minimum Gasteiger partial charge on any atom is -0.459 e. The summed E-state index contributed by atoms with van der Waals surface area (Å²) in [6.07, 6.45) is 3.63. The molecule has 0 bridgehead atoms. The molecule has 3 N–H and O–H groups in total. The molecule has 6 amide bonds. The zero-order chi connectivity index (χ0) is 73.7. The molecule has 4 aliphatic rings. The molecule has 4 aliphatic heterocycles. The van der Waals surface area contributed by atoms with Gasteiger partial charge in [0.2, 0.25) is 11.8 Å². The molecule has 562 valence electrons. The summed E-state index contributed by atoms with van der Waals surface area (Å²) < 4.78 is 33.1. The number of hydrogen-bond acceptors (Lipinski definition) is 17. The summed E-state index contributed by atoms with van der Waals surface area (Å²) in [6, 6.07) is 25.3. The van der Waals surface area contributed by atoms with Gasteiger partial charge in [0.1, 0.15) is 83.9 Å². The number of carbonyl (C=O) groups is 10. The first kappa shape index (κ1) is 86.9. The summed E-state index contributed by atoms with van der Waals surface area (Å²) in [5.74, 6) is -2.60. The van der Waals surface area contributed by atoms with Crippen molar-refractivity contribution in [3.05, 3.63) is 120 Å². The molecule has 23 nitrogen and oxygen atoms in total. The van der Waals surface area contributed by atoms with E-state index in [4.69, 9.17) is 28.4 Å². The summed E-state index contributed by atoms with van der Waals surface area (Å²) in [5.41, 5.74) is -3.31. The van der Waals surface area contributed by atoms with Gasteiger partial charge < -0.3 is 53.9 Å². The van der Waals surface area contributed by atoms with E-state index in [-0.39, 0.29) is 77.6 Å². The van der Waals surface area contributed by atoms with E-state index in [9.17, 15) is 53.1 Å². The van der Waals surface area contributed by atoms with Gasteiger partial charge in [0.05, 0.1) is 0 Å². The van der Waals surface area contributed by atoms with E-state index in [0.717, 1.165) is 16.7 Å². The monoisotopic (exact) mass is 1410 g/mol. The lowest BCUT2D eigenvalue weighted by Crippen LogP contribution is -2.60. The van der Waals surface area contributed by atoms with Crippen LogP contribution in [0.2, 0.25) is 0 Å². The van der Waals surface area contributed by atoms with Crippen molar-refractivity contribution in [3.8, 4) is 0 Å². The van der Waals surface area contributed by atoms with Gasteiger partial charge in [0.25, 0.3) is 5.91 Å². The molecule has 1 unspecified atom stereocenters. The molecule has 1 spiro atoms. The van der Waals surface area contributed by atoms with Crippen molar-refractivity contribution in [1.82, 2.24) is 30.2 Å². The molecule has 0 aliphatic carbocycles. The van der Waals surface area contributed by atoms with Gasteiger partial charge in [-0.25, -0.2) is 28.8 Å². The van der Waals surface area contributed by atoms with Gasteiger partial charge in [0.15, 0.2) is 0 Å². The molecule has 23 heteroatoms. The SMILES string of the molecule is C.C.C=CC[C@@]1(C(=O)N[C@H](CC(C)C)C(=O)OCc2ccccc2)CCCN1C(=O)OC(C)(C)C.CC(C)C[C@@H](NC(=O)[C@]1(CC=O)CCCN1C(=O)OC(C)(C)C)C(=O)OCc1ccccc1.CC(C)C[C@H](C(=O)OCc1ccccc1)N1C(=O)[C@@]2(CCCN2C(=O)OC(C)(C)C)CC1O. The number of ether oxygens (including phenoxy) is 6. The Hall–Kier alpha value is -8.34. The second-order valence-corrected chi connectivity index (χ2v) is 30.3. The Morgan fingerprint density at radius 2 is 0.861 bits per heavy atom. The molecule has 7 atom stereocenters. The molecular weight excluding hydrogens is 1290 g/mol. The Kier molecular flexibility index (Phi) is 33.2. The number of aldehydes is 1. The van der Waals surface area contributed by atoms with E-state index in [1.807, 2.05) is 133 Å². The molecule has 3 aromatic carbocycles. The van der Waals surface area contributed by atoms with Gasteiger partial charge in [-0.2, -0.15) is 0 Å². The minimum absolute atomic E-state index is 0. The highest BCUT2D eigenvalue weighted by atomic mass is 16.6. The maximum Gasteiger partial charge on any atom is 0.411 e.